The molecule has 122 valence electrons. The lowest BCUT2D eigenvalue weighted by atomic mass is 10.1. The van der Waals surface area contributed by atoms with E-state index in [0.717, 1.165) is 17.1 Å². The van der Waals surface area contributed by atoms with Gasteiger partial charge in [-0.25, -0.2) is 0 Å². The maximum Gasteiger partial charge on any atom is 0.271 e. The van der Waals surface area contributed by atoms with Crippen LogP contribution in [-0.2, 0) is 6.54 Å². The van der Waals surface area contributed by atoms with Crippen LogP contribution in [0.1, 0.15) is 16.1 Å². The van der Waals surface area contributed by atoms with Crippen molar-refractivity contribution in [1.82, 2.24) is 15.5 Å². The summed E-state index contributed by atoms with van der Waals surface area (Å²) >= 11 is 0. The Morgan fingerprint density at radius 3 is 2.52 bits per heavy atom. The molecule has 0 unspecified atom stereocenters. The molecule has 1 heterocycles. The van der Waals surface area contributed by atoms with E-state index in [9.17, 15) is 4.79 Å². The Bertz CT molecular complexity index is 674. The summed E-state index contributed by atoms with van der Waals surface area (Å²) in [6.07, 6.45) is 0. The number of ether oxygens (including phenoxy) is 2. The minimum absolute atomic E-state index is 0.263. The van der Waals surface area contributed by atoms with E-state index in [0.29, 0.717) is 12.4 Å². The third-order valence-corrected chi connectivity index (χ3v) is 3.40. The molecule has 23 heavy (non-hydrogen) atoms. The number of carbonyl (C=O) groups excluding carboxylic acids is 1. The molecule has 0 saturated heterocycles. The lowest BCUT2D eigenvalue weighted by Crippen LogP contribution is -2.22. The molecule has 0 aliphatic carbocycles. The molecule has 1 N–H and O–H groups in total. The fraction of sp³-hybridized carbons (Fsp3) is 0.312. The van der Waals surface area contributed by atoms with Crippen LogP contribution in [0.4, 0.5) is 5.82 Å². The number of aromatic nitrogens is 2. The Hall–Kier alpha value is -2.83. The van der Waals surface area contributed by atoms with E-state index in [2.05, 4.69) is 15.5 Å². The molecule has 1 aromatic carbocycles. The molecule has 1 aromatic heterocycles. The molecule has 7 nitrogen and oxygen atoms in total. The number of amides is 1. The molecule has 0 radical (unpaired) electrons. The molecule has 0 aliphatic rings. The number of benzene rings is 1. The highest BCUT2D eigenvalue weighted by Gasteiger charge is 2.11. The first-order chi connectivity index (χ1) is 11.1. The van der Waals surface area contributed by atoms with Gasteiger partial charge in [-0.1, -0.05) is 0 Å². The normalized spacial score (nSPS) is 10.1. The summed E-state index contributed by atoms with van der Waals surface area (Å²) < 4.78 is 10.6. The number of rotatable bonds is 6. The lowest BCUT2D eigenvalue weighted by Gasteiger charge is -2.19. The Kier molecular flexibility index (Phi) is 5.35. The summed E-state index contributed by atoms with van der Waals surface area (Å²) in [5, 5.41) is 10.5. The monoisotopic (exact) mass is 316 g/mol. The van der Waals surface area contributed by atoms with Crippen molar-refractivity contribution in [3.63, 3.8) is 0 Å². The Labute approximate surface area is 135 Å². The van der Waals surface area contributed by atoms with Crippen LogP contribution in [0.3, 0.4) is 0 Å². The summed E-state index contributed by atoms with van der Waals surface area (Å²) in [5.41, 5.74) is 1.25. The molecule has 2 rings (SSSR count). The molecule has 7 heteroatoms. The molecule has 0 aliphatic heterocycles. The van der Waals surface area contributed by atoms with E-state index in [1.165, 1.54) is 0 Å². The van der Waals surface area contributed by atoms with Gasteiger partial charge in [-0.2, -0.15) is 0 Å². The number of hydrogen-bond acceptors (Lipinski definition) is 6. The molecule has 0 spiro atoms. The minimum atomic E-state index is -0.263. The van der Waals surface area contributed by atoms with Gasteiger partial charge in [0.2, 0.25) is 0 Å². The van der Waals surface area contributed by atoms with Crippen LogP contribution < -0.4 is 19.7 Å². The number of methoxy groups -OCH3 is 2. The SMILES string of the molecule is CNC(=O)c1ccc(N(C)Cc2cc(OC)ccc2OC)nn1. The van der Waals surface area contributed by atoms with E-state index < -0.39 is 0 Å². The first-order valence-electron chi connectivity index (χ1n) is 7.07. The van der Waals surface area contributed by atoms with Crippen LogP contribution in [0.2, 0.25) is 0 Å². The summed E-state index contributed by atoms with van der Waals surface area (Å²) in [6.45, 7) is 0.564. The van der Waals surface area contributed by atoms with E-state index in [4.69, 9.17) is 9.47 Å². The molecule has 0 atom stereocenters. The van der Waals surface area contributed by atoms with Gasteiger partial charge in [0.1, 0.15) is 11.5 Å². The van der Waals surface area contributed by atoms with Crippen LogP contribution in [0.25, 0.3) is 0 Å². The molecule has 0 fully saturated rings. The van der Waals surface area contributed by atoms with Gasteiger partial charge in [0.25, 0.3) is 5.91 Å². The first kappa shape index (κ1) is 16.5. The third-order valence-electron chi connectivity index (χ3n) is 3.40. The maximum absolute atomic E-state index is 11.5. The Morgan fingerprint density at radius 2 is 1.96 bits per heavy atom. The van der Waals surface area contributed by atoms with Crippen molar-refractivity contribution in [3.05, 3.63) is 41.6 Å². The third kappa shape index (κ3) is 3.88. The van der Waals surface area contributed by atoms with E-state index in [-0.39, 0.29) is 11.6 Å². The van der Waals surface area contributed by atoms with Crippen molar-refractivity contribution in [2.75, 3.05) is 33.2 Å². The predicted octanol–water partition coefficient (Wildman–Crippen LogP) is 1.49. The first-order valence-corrected chi connectivity index (χ1v) is 7.07. The summed E-state index contributed by atoms with van der Waals surface area (Å²) in [7, 11) is 6.70. The average Bonchev–Trinajstić information content (AvgIpc) is 2.61. The summed E-state index contributed by atoms with van der Waals surface area (Å²) in [6, 6.07) is 9.02. The van der Waals surface area contributed by atoms with Crippen molar-refractivity contribution in [1.29, 1.82) is 0 Å². The zero-order chi connectivity index (χ0) is 16.8. The van der Waals surface area contributed by atoms with Crippen molar-refractivity contribution < 1.29 is 14.3 Å². The number of nitrogens with zero attached hydrogens (tertiary/aromatic N) is 3. The quantitative estimate of drug-likeness (QED) is 0.870. The second-order valence-corrected chi connectivity index (χ2v) is 4.89. The predicted molar refractivity (Wildman–Crippen MR) is 87.1 cm³/mol. The van der Waals surface area contributed by atoms with E-state index in [1.807, 2.05) is 30.1 Å². The van der Waals surface area contributed by atoms with E-state index >= 15 is 0 Å². The lowest BCUT2D eigenvalue weighted by molar-refractivity contribution is 0.0957. The van der Waals surface area contributed by atoms with Crippen molar-refractivity contribution in [2.24, 2.45) is 0 Å². The Morgan fingerprint density at radius 1 is 1.17 bits per heavy atom. The number of nitrogens with one attached hydrogen (secondary N) is 1. The second kappa shape index (κ2) is 7.44. The fourth-order valence-electron chi connectivity index (χ4n) is 2.12. The highest BCUT2D eigenvalue weighted by atomic mass is 16.5. The smallest absolute Gasteiger partial charge is 0.271 e. The highest BCUT2D eigenvalue weighted by molar-refractivity contribution is 5.91. The second-order valence-electron chi connectivity index (χ2n) is 4.89. The zero-order valence-corrected chi connectivity index (χ0v) is 13.7. The minimum Gasteiger partial charge on any atom is -0.497 e. The van der Waals surface area contributed by atoms with Crippen molar-refractivity contribution in [2.45, 2.75) is 6.54 Å². The largest absolute Gasteiger partial charge is 0.497 e. The van der Waals surface area contributed by atoms with Crippen LogP contribution in [-0.4, -0.2) is 44.4 Å². The zero-order valence-electron chi connectivity index (χ0n) is 13.7. The molecular weight excluding hydrogens is 296 g/mol. The molecule has 1 amide bonds. The number of anilines is 1. The van der Waals surface area contributed by atoms with Crippen LogP contribution >= 0.6 is 0 Å². The van der Waals surface area contributed by atoms with Gasteiger partial charge >= 0.3 is 0 Å². The topological polar surface area (TPSA) is 76.6 Å². The van der Waals surface area contributed by atoms with Crippen LogP contribution in [0, 0.1) is 0 Å². The van der Waals surface area contributed by atoms with Gasteiger partial charge in [0.15, 0.2) is 11.5 Å². The van der Waals surface area contributed by atoms with Gasteiger partial charge in [0, 0.05) is 26.2 Å². The van der Waals surface area contributed by atoms with E-state index in [1.54, 1.807) is 33.4 Å². The van der Waals surface area contributed by atoms with Gasteiger partial charge in [0.05, 0.1) is 14.2 Å². The van der Waals surface area contributed by atoms with Crippen molar-refractivity contribution >= 4 is 11.7 Å². The molecule has 0 saturated carbocycles. The van der Waals surface area contributed by atoms with Crippen molar-refractivity contribution in [3.8, 4) is 11.5 Å². The Balaban J connectivity index is 2.18. The van der Waals surface area contributed by atoms with Gasteiger partial charge in [-0.15, -0.1) is 10.2 Å². The maximum atomic E-state index is 11.5. The number of carbonyl (C=O) groups is 1. The molecule has 2 aromatic rings. The van der Waals surface area contributed by atoms with Gasteiger partial charge < -0.3 is 19.7 Å². The van der Waals surface area contributed by atoms with Crippen LogP contribution in [0.5, 0.6) is 11.5 Å². The van der Waals surface area contributed by atoms with Gasteiger partial charge in [-0.3, -0.25) is 4.79 Å². The average molecular weight is 316 g/mol. The van der Waals surface area contributed by atoms with Gasteiger partial charge in [-0.05, 0) is 30.3 Å². The summed E-state index contributed by atoms with van der Waals surface area (Å²) in [4.78, 5) is 13.4. The molecular formula is C16H20N4O3. The summed E-state index contributed by atoms with van der Waals surface area (Å²) in [5.74, 6) is 1.92. The standard InChI is InChI=1S/C16H20N4O3/c1-17-16(21)13-6-8-15(19-18-13)20(2)10-11-9-12(22-3)5-7-14(11)23-4/h5-9H,10H2,1-4H3,(H,17,21). The molecule has 0 bridgehead atoms. The number of hydrogen-bond donors (Lipinski definition) is 1. The fourth-order valence-corrected chi connectivity index (χ4v) is 2.12. The van der Waals surface area contributed by atoms with Crippen LogP contribution in [0.15, 0.2) is 30.3 Å². The highest BCUT2D eigenvalue weighted by Crippen LogP contribution is 2.26.